The lowest BCUT2D eigenvalue weighted by Gasteiger charge is -2.04. The van der Waals surface area contributed by atoms with Crippen molar-refractivity contribution in [2.45, 2.75) is 6.92 Å². The summed E-state index contributed by atoms with van der Waals surface area (Å²) in [7, 11) is 0. The molecule has 134 valence electrons. The number of hydrogen-bond donors (Lipinski definition) is 3. The average molecular weight is 426 g/mol. The second-order valence-corrected chi connectivity index (χ2v) is 6.35. The Morgan fingerprint density at radius 1 is 1.19 bits per heavy atom. The van der Waals surface area contributed by atoms with E-state index >= 15 is 0 Å². The number of aromatic hydroxyl groups is 1. The van der Waals surface area contributed by atoms with Crippen LogP contribution in [0, 0.1) is 17.5 Å². The molecule has 0 aliphatic heterocycles. The lowest BCUT2D eigenvalue weighted by molar-refractivity contribution is 0.0952. The van der Waals surface area contributed by atoms with Crippen LogP contribution in [0.15, 0.2) is 39.9 Å². The minimum atomic E-state index is -1.56. The van der Waals surface area contributed by atoms with Gasteiger partial charge in [-0.1, -0.05) is 15.9 Å². The van der Waals surface area contributed by atoms with Gasteiger partial charge in [0.25, 0.3) is 5.91 Å². The minimum Gasteiger partial charge on any atom is -0.507 e. The zero-order valence-corrected chi connectivity index (χ0v) is 14.8. The van der Waals surface area contributed by atoms with Crippen molar-refractivity contribution in [2.24, 2.45) is 5.10 Å². The van der Waals surface area contributed by atoms with Crippen LogP contribution in [-0.4, -0.2) is 21.7 Å². The molecule has 1 heterocycles. The van der Waals surface area contributed by atoms with Gasteiger partial charge >= 0.3 is 0 Å². The first-order valence-electron chi connectivity index (χ1n) is 7.27. The normalized spacial score (nSPS) is 11.8. The van der Waals surface area contributed by atoms with E-state index in [1.165, 1.54) is 25.1 Å². The molecule has 0 aliphatic rings. The molecule has 0 spiro atoms. The quantitative estimate of drug-likeness (QED) is 0.334. The highest BCUT2D eigenvalue weighted by Crippen LogP contribution is 2.24. The van der Waals surface area contributed by atoms with Gasteiger partial charge in [-0.05, 0) is 31.2 Å². The Balaban J connectivity index is 1.88. The molecular weight excluding hydrogens is 415 g/mol. The van der Waals surface area contributed by atoms with E-state index in [1.807, 2.05) is 0 Å². The van der Waals surface area contributed by atoms with Crippen LogP contribution in [0.25, 0.3) is 10.9 Å². The molecule has 3 rings (SSSR count). The summed E-state index contributed by atoms with van der Waals surface area (Å²) in [5.41, 5.74) is 2.82. The second-order valence-electron chi connectivity index (χ2n) is 5.43. The number of hydrogen-bond acceptors (Lipinski definition) is 3. The van der Waals surface area contributed by atoms with E-state index in [4.69, 9.17) is 0 Å². The predicted molar refractivity (Wildman–Crippen MR) is 93.7 cm³/mol. The zero-order valence-electron chi connectivity index (χ0n) is 13.2. The molecule has 0 radical (unpaired) electrons. The summed E-state index contributed by atoms with van der Waals surface area (Å²) in [5, 5.41) is 13.4. The Bertz CT molecular complexity index is 1060. The van der Waals surface area contributed by atoms with Gasteiger partial charge < -0.3 is 10.1 Å². The number of carbonyl (C=O) groups is 1. The Labute approximate surface area is 153 Å². The van der Waals surface area contributed by atoms with E-state index in [-0.39, 0.29) is 33.6 Å². The number of phenolic OH excluding ortho intramolecular Hbond substituents is 1. The van der Waals surface area contributed by atoms with Crippen LogP contribution in [0.2, 0.25) is 0 Å². The largest absolute Gasteiger partial charge is 0.507 e. The zero-order chi connectivity index (χ0) is 19.0. The number of aromatic nitrogens is 1. The molecule has 0 unspecified atom stereocenters. The first-order chi connectivity index (χ1) is 12.3. The summed E-state index contributed by atoms with van der Waals surface area (Å²) in [6, 6.07) is 6.42. The number of benzene rings is 2. The summed E-state index contributed by atoms with van der Waals surface area (Å²) in [4.78, 5) is 14.8. The number of aromatic amines is 1. The van der Waals surface area contributed by atoms with Gasteiger partial charge in [-0.25, -0.2) is 18.6 Å². The van der Waals surface area contributed by atoms with Crippen LogP contribution in [0.4, 0.5) is 13.2 Å². The molecule has 0 aliphatic carbocycles. The number of nitrogens with zero attached hydrogens (tertiary/aromatic N) is 1. The molecule has 26 heavy (non-hydrogen) atoms. The van der Waals surface area contributed by atoms with E-state index in [2.05, 4.69) is 31.4 Å². The highest BCUT2D eigenvalue weighted by atomic mass is 79.9. The molecule has 2 aromatic carbocycles. The number of rotatable bonds is 3. The number of halogens is 4. The molecule has 0 saturated carbocycles. The smallest absolute Gasteiger partial charge is 0.275 e. The van der Waals surface area contributed by atoms with Crippen molar-refractivity contribution >= 4 is 38.5 Å². The fourth-order valence-corrected chi connectivity index (χ4v) is 2.68. The van der Waals surface area contributed by atoms with Crippen LogP contribution in [0.1, 0.15) is 23.0 Å². The highest BCUT2D eigenvalue weighted by molar-refractivity contribution is 9.10. The van der Waals surface area contributed by atoms with E-state index in [0.29, 0.717) is 4.47 Å². The summed E-state index contributed by atoms with van der Waals surface area (Å²) in [6.45, 7) is 1.51. The number of hydrazone groups is 1. The van der Waals surface area contributed by atoms with Crippen molar-refractivity contribution in [2.75, 3.05) is 0 Å². The number of H-pyrrole nitrogens is 1. The van der Waals surface area contributed by atoms with Gasteiger partial charge in [0, 0.05) is 15.9 Å². The molecule has 3 aromatic rings. The van der Waals surface area contributed by atoms with Crippen LogP contribution in [-0.2, 0) is 0 Å². The van der Waals surface area contributed by atoms with Gasteiger partial charge in [0.15, 0.2) is 17.5 Å². The fraction of sp³-hybridized carbons (Fsp3) is 0.0588. The van der Waals surface area contributed by atoms with Gasteiger partial charge in [0.1, 0.15) is 5.75 Å². The van der Waals surface area contributed by atoms with E-state index in [9.17, 15) is 23.1 Å². The van der Waals surface area contributed by atoms with Crippen molar-refractivity contribution in [3.05, 3.63) is 63.5 Å². The van der Waals surface area contributed by atoms with Crippen LogP contribution < -0.4 is 5.43 Å². The maximum atomic E-state index is 13.8. The number of phenols is 1. The third kappa shape index (κ3) is 3.30. The standard InChI is InChI=1S/C17H11BrF3N3O2/c1-7(23-24-17(26)10-4-8(18)2-3-14(10)25)12-5-9-13(22-12)6-11(19)16(21)15(9)20/h2-6,22,25H,1H3,(H,24,26)/b23-7+. The monoisotopic (exact) mass is 425 g/mol. The Hall–Kier alpha value is -2.81. The van der Waals surface area contributed by atoms with Crippen LogP contribution in [0.5, 0.6) is 5.75 Å². The molecule has 0 saturated heterocycles. The first kappa shape index (κ1) is 18.0. The Morgan fingerprint density at radius 3 is 2.65 bits per heavy atom. The van der Waals surface area contributed by atoms with Crippen molar-refractivity contribution in [3.8, 4) is 5.75 Å². The first-order valence-corrected chi connectivity index (χ1v) is 8.07. The summed E-state index contributed by atoms with van der Waals surface area (Å²) in [5.74, 6) is -5.06. The summed E-state index contributed by atoms with van der Waals surface area (Å²) < 4.78 is 41.0. The fourth-order valence-electron chi connectivity index (χ4n) is 2.32. The summed E-state index contributed by atoms with van der Waals surface area (Å²) >= 11 is 3.19. The molecule has 0 bridgehead atoms. The van der Waals surface area contributed by atoms with Gasteiger partial charge in [0.05, 0.1) is 22.5 Å². The number of fused-ring (bicyclic) bond motifs is 1. The number of nitrogens with one attached hydrogen (secondary N) is 2. The predicted octanol–water partition coefficient (Wildman–Crippen LogP) is 4.21. The van der Waals surface area contributed by atoms with Crippen molar-refractivity contribution < 1.29 is 23.1 Å². The lowest BCUT2D eigenvalue weighted by atomic mass is 10.2. The average Bonchev–Trinajstić information content (AvgIpc) is 3.03. The van der Waals surface area contributed by atoms with Crippen molar-refractivity contribution in [3.63, 3.8) is 0 Å². The van der Waals surface area contributed by atoms with Crippen LogP contribution >= 0.6 is 15.9 Å². The maximum Gasteiger partial charge on any atom is 0.275 e. The van der Waals surface area contributed by atoms with Crippen molar-refractivity contribution in [1.82, 2.24) is 10.4 Å². The van der Waals surface area contributed by atoms with Gasteiger partial charge in [-0.15, -0.1) is 0 Å². The van der Waals surface area contributed by atoms with Crippen molar-refractivity contribution in [1.29, 1.82) is 0 Å². The van der Waals surface area contributed by atoms with Crippen LogP contribution in [0.3, 0.4) is 0 Å². The lowest BCUT2D eigenvalue weighted by Crippen LogP contribution is -2.19. The minimum absolute atomic E-state index is 0.00255. The van der Waals surface area contributed by atoms with Gasteiger partial charge in [0.2, 0.25) is 0 Å². The molecule has 1 amide bonds. The molecule has 9 heteroatoms. The molecule has 0 fully saturated rings. The molecule has 3 N–H and O–H groups in total. The Morgan fingerprint density at radius 2 is 1.92 bits per heavy atom. The summed E-state index contributed by atoms with van der Waals surface area (Å²) in [6.07, 6.45) is 0. The topological polar surface area (TPSA) is 77.5 Å². The molecule has 0 atom stereocenters. The third-order valence-electron chi connectivity index (χ3n) is 3.68. The molecule has 5 nitrogen and oxygen atoms in total. The Kier molecular flexibility index (Phi) is 4.73. The third-order valence-corrected chi connectivity index (χ3v) is 4.17. The van der Waals surface area contributed by atoms with E-state index in [1.54, 1.807) is 6.07 Å². The molecular formula is C17H11BrF3N3O2. The van der Waals surface area contributed by atoms with Gasteiger partial charge in [-0.2, -0.15) is 5.10 Å². The molecule has 1 aromatic heterocycles. The SMILES string of the molecule is C/C(=N\NC(=O)c1cc(Br)ccc1O)c1cc2c(F)c(F)c(F)cc2[nH]1. The van der Waals surface area contributed by atoms with Gasteiger partial charge in [-0.3, -0.25) is 4.79 Å². The number of carbonyl (C=O) groups excluding carboxylic acids is 1. The number of amides is 1. The maximum absolute atomic E-state index is 13.8. The van der Waals surface area contributed by atoms with E-state index < -0.39 is 23.4 Å². The second kappa shape index (κ2) is 6.83. The highest BCUT2D eigenvalue weighted by Gasteiger charge is 2.17. The van der Waals surface area contributed by atoms with E-state index in [0.717, 1.165) is 6.07 Å².